The molecule has 0 saturated carbocycles. The van der Waals surface area contributed by atoms with Crippen LogP contribution in [0.1, 0.15) is 121 Å². The molecule has 9 rings (SSSR count). The van der Waals surface area contributed by atoms with Gasteiger partial charge >= 0.3 is 5.97 Å². The van der Waals surface area contributed by atoms with Crippen molar-refractivity contribution in [1.82, 2.24) is 89.7 Å². The molecule has 0 aliphatic rings. The van der Waals surface area contributed by atoms with Crippen molar-refractivity contribution in [3.05, 3.63) is 252 Å². The number of benzene rings is 7. The largest absolute Gasteiger partial charge is 0.480 e. The van der Waals surface area contributed by atoms with Crippen molar-refractivity contribution in [3.63, 3.8) is 0 Å². The lowest BCUT2D eigenvalue weighted by molar-refractivity contribution is -0.142. The van der Waals surface area contributed by atoms with E-state index < -0.39 is 204 Å². The maximum absolute atomic E-state index is 15.4. The minimum atomic E-state index is -1.52. The number of hydrogen-bond donors (Lipinski definition) is 21. The number of carbonyl (C=O) groups is 16. The Morgan fingerprint density at radius 2 is 0.525 bits per heavy atom. The van der Waals surface area contributed by atoms with Crippen LogP contribution in [0.5, 0.6) is 0 Å². The van der Waals surface area contributed by atoms with E-state index in [-0.39, 0.29) is 87.0 Å². The predicted molar refractivity (Wildman–Crippen MR) is 543 cm³/mol. The fraction of sp³-hybridized carbons (Fsp3) is 0.404. The zero-order valence-electron chi connectivity index (χ0n) is 80.8. The molecule has 0 unspecified atom stereocenters. The van der Waals surface area contributed by atoms with E-state index in [1.807, 2.05) is 48.5 Å². The fourth-order valence-corrected chi connectivity index (χ4v) is 16.4. The maximum atomic E-state index is 15.4. The molecule has 14 atom stereocenters. The number of carboxylic acid groups (broad SMARTS) is 1. The number of carbonyl (C=O) groups excluding carboxylic acids is 15. The zero-order valence-corrected chi connectivity index (χ0v) is 82.6. The van der Waals surface area contributed by atoms with Gasteiger partial charge in [0, 0.05) is 90.7 Å². The van der Waals surface area contributed by atoms with Crippen molar-refractivity contribution >= 4 is 142 Å². The number of carboxylic acids is 1. The number of fused-ring (bicyclic) bond motifs is 2. The van der Waals surface area contributed by atoms with Crippen LogP contribution >= 0.6 is 25.3 Å². The average molecular weight is 1970 g/mol. The number of aromatic amines is 2. The van der Waals surface area contributed by atoms with Crippen LogP contribution in [0.25, 0.3) is 21.8 Å². The summed E-state index contributed by atoms with van der Waals surface area (Å²) in [6.07, 6.45) is 2.78. The first kappa shape index (κ1) is 110. The van der Waals surface area contributed by atoms with Gasteiger partial charge in [-0.3, -0.25) is 71.9 Å². The number of nitrogens with one attached hydrogen (secondary N) is 17. The summed E-state index contributed by atoms with van der Waals surface area (Å²) in [6, 6.07) is 39.1. The number of hydrogen-bond acceptors (Lipinski definition) is 19. The third-order valence-corrected chi connectivity index (χ3v) is 24.5. The van der Waals surface area contributed by atoms with Gasteiger partial charge in [-0.1, -0.05) is 257 Å². The van der Waals surface area contributed by atoms with Crippen LogP contribution in [-0.2, 0) is 122 Å². The molecule has 0 aliphatic heterocycles. The van der Waals surface area contributed by atoms with Gasteiger partial charge in [-0.05, 0) is 93.5 Å². The van der Waals surface area contributed by atoms with E-state index in [0.29, 0.717) is 49.8 Å². The Bertz CT molecular complexity index is 5740. The van der Waals surface area contributed by atoms with E-state index >= 15 is 14.4 Å². The van der Waals surface area contributed by atoms with Crippen molar-refractivity contribution in [2.24, 2.45) is 35.3 Å². The highest BCUT2D eigenvalue weighted by Gasteiger charge is 2.40. The highest BCUT2D eigenvalue weighted by atomic mass is 32.1. The Kier molecular flexibility index (Phi) is 43.1. The summed E-state index contributed by atoms with van der Waals surface area (Å²) < 4.78 is 0. The first-order valence-corrected chi connectivity index (χ1v) is 48.6. The summed E-state index contributed by atoms with van der Waals surface area (Å²) in [7, 11) is 0. The molecule has 0 spiro atoms. The molecule has 35 nitrogen and oxygen atoms in total. The second kappa shape index (κ2) is 55.0. The minimum Gasteiger partial charge on any atom is -0.480 e. The van der Waals surface area contributed by atoms with Crippen molar-refractivity contribution in [2.75, 3.05) is 24.6 Å². The van der Waals surface area contributed by atoms with E-state index in [0.717, 1.165) is 10.9 Å². The van der Waals surface area contributed by atoms with E-state index in [2.05, 4.69) is 115 Å². The fourth-order valence-electron chi connectivity index (χ4n) is 15.9. The van der Waals surface area contributed by atoms with E-state index in [9.17, 15) is 67.4 Å². The van der Waals surface area contributed by atoms with E-state index in [4.69, 9.17) is 5.73 Å². The van der Waals surface area contributed by atoms with Gasteiger partial charge in [-0.25, -0.2) is 4.79 Å². The molecule has 15 amide bonds. The zero-order chi connectivity index (χ0) is 103. The molecular formula is C104H132N18O17S2. The number of amides is 15. The van der Waals surface area contributed by atoms with E-state index in [1.54, 1.807) is 233 Å². The molecule has 141 heavy (non-hydrogen) atoms. The predicted octanol–water partition coefficient (Wildman–Crippen LogP) is 4.51. The first-order chi connectivity index (χ1) is 67.3. The van der Waals surface area contributed by atoms with Gasteiger partial charge in [0.1, 0.15) is 78.5 Å². The molecule has 37 heteroatoms. The number of nitrogens with two attached hydrogens (primary N) is 1. The molecule has 9 aromatic rings. The van der Waals surface area contributed by atoms with Crippen LogP contribution in [0.3, 0.4) is 0 Å². The summed E-state index contributed by atoms with van der Waals surface area (Å²) in [4.78, 5) is 237. The lowest BCUT2D eigenvalue weighted by atomic mass is 9.98. The summed E-state index contributed by atoms with van der Waals surface area (Å²) in [6.45, 7) is 15.8. The summed E-state index contributed by atoms with van der Waals surface area (Å²) >= 11 is 8.88. The number of rotatable bonds is 54. The van der Waals surface area contributed by atoms with E-state index in [1.165, 1.54) is 0 Å². The number of aromatic nitrogens is 2. The van der Waals surface area contributed by atoms with Crippen LogP contribution in [0.4, 0.5) is 0 Å². The topological polar surface area (TPSA) is 531 Å². The van der Waals surface area contributed by atoms with Gasteiger partial charge < -0.3 is 101 Å². The number of para-hydroxylation sites is 2. The number of aliphatic carboxylic acids is 1. The lowest BCUT2D eigenvalue weighted by Crippen LogP contribution is -2.62. The SMILES string of the molecule is CC(C)C[C@H](NC(=O)CNC(=O)[C@H](Cc1ccccc1)NC(=O)[C@H](CC(C)C)NC(=O)[C@@H](NC(=O)[C@H](CS)NC(=O)[C@@H](NC(=O)[C@H](Cc1ccccc1)NC(=O)[C@H](CS)NC(=O)[C@H](Cc1ccccc1)NC(=O)CNC(=O)[C@H](Cc1c[nH]c2ccccc12)NC(=O)[C@H](Cc1ccccc1)NC(=O)[C@H](Cc1c[nH]c2ccccc12)NC(=O)[C@H](Cc1ccccc1)NC(=O)[C@@H](N)C(C)C)C(C)C)C(C)C)C(=O)O. The normalized spacial score (nSPS) is 14.3. The van der Waals surface area contributed by atoms with Gasteiger partial charge in [0.2, 0.25) is 88.6 Å². The summed E-state index contributed by atoms with van der Waals surface area (Å²) in [5, 5.41) is 51.8. The second-order valence-corrected chi connectivity index (χ2v) is 37.7. The van der Waals surface area contributed by atoms with Crippen molar-refractivity contribution < 1.29 is 81.8 Å². The molecule has 0 fully saturated rings. The van der Waals surface area contributed by atoms with Gasteiger partial charge in [-0.2, -0.15) is 25.3 Å². The Balaban J connectivity index is 0.882. The quantitative estimate of drug-likeness (QED) is 0.0233. The molecule has 0 bridgehead atoms. The highest BCUT2D eigenvalue weighted by Crippen LogP contribution is 2.24. The van der Waals surface area contributed by atoms with Crippen LogP contribution in [0.2, 0.25) is 0 Å². The molecule has 2 aromatic heterocycles. The van der Waals surface area contributed by atoms with Crippen LogP contribution in [0, 0.1) is 29.6 Å². The Morgan fingerprint density at radius 1 is 0.277 bits per heavy atom. The van der Waals surface area contributed by atoms with Crippen molar-refractivity contribution in [2.45, 2.75) is 212 Å². The van der Waals surface area contributed by atoms with Crippen LogP contribution < -0.4 is 85.5 Å². The first-order valence-electron chi connectivity index (χ1n) is 47.3. The minimum absolute atomic E-state index is 0.0172. The van der Waals surface area contributed by atoms with Crippen molar-refractivity contribution in [1.29, 1.82) is 0 Å². The smallest absolute Gasteiger partial charge is 0.326 e. The van der Waals surface area contributed by atoms with Gasteiger partial charge in [0.25, 0.3) is 0 Å². The monoisotopic (exact) mass is 1970 g/mol. The molecule has 752 valence electrons. The Labute approximate surface area is 831 Å². The molecule has 0 aliphatic carbocycles. The lowest BCUT2D eigenvalue weighted by Gasteiger charge is -2.30. The second-order valence-electron chi connectivity index (χ2n) is 37.0. The molecule has 7 aromatic carbocycles. The number of H-pyrrole nitrogens is 2. The maximum Gasteiger partial charge on any atom is 0.326 e. The molecule has 20 N–H and O–H groups in total. The molecule has 2 heterocycles. The number of thiol groups is 2. The van der Waals surface area contributed by atoms with Gasteiger partial charge in [-0.15, -0.1) is 0 Å². The molecule has 0 saturated heterocycles. The third kappa shape index (κ3) is 34.7. The molecule has 0 radical (unpaired) electrons. The highest BCUT2D eigenvalue weighted by molar-refractivity contribution is 7.80. The summed E-state index contributed by atoms with van der Waals surface area (Å²) in [5.41, 5.74) is 12.0. The average Bonchev–Trinajstić information content (AvgIpc) is 1.67. The van der Waals surface area contributed by atoms with Gasteiger partial charge in [0.05, 0.1) is 19.1 Å². The third-order valence-electron chi connectivity index (χ3n) is 23.7. The Morgan fingerprint density at radius 3 is 0.851 bits per heavy atom. The van der Waals surface area contributed by atoms with Crippen LogP contribution in [-0.4, -0.2) is 219 Å². The summed E-state index contributed by atoms with van der Waals surface area (Å²) in [5.74, 6) is -16.2. The molecular weight excluding hydrogens is 1840 g/mol. The van der Waals surface area contributed by atoms with Crippen LogP contribution in [0.15, 0.2) is 213 Å². The van der Waals surface area contributed by atoms with Gasteiger partial charge in [0.15, 0.2) is 0 Å². The van der Waals surface area contributed by atoms with Crippen molar-refractivity contribution in [3.8, 4) is 0 Å². The Hall–Kier alpha value is -14.2. The standard InChI is InChI=1S/C104H132N18O17S2/c1-59(2)44-75(93(127)112-76(46-64-30-16-11-17-31-64)91(125)108-56-87(124)111-83(104(138)139)45-60(3)4)118-102(136)89(62(7)8)122-100(134)85(58-141)120-103(137)90(63(9)10)121-98(132)80(50-68-38-24-15-25-39-68)114-99(133)84(57-140)119-94(128)77(47-65-32-18-12-19-33-65)110-86(123)55-109-92(126)81(51-69-53-106-73-42-28-26-40-71(69)73)115-95(129)78(48-66-34-20-13-21-35-66)113-97(131)82(52-70-54-107-74-43-29-27-41-72(70)74)116-96(130)79(49-67-36-22-14-23-37-67)117-101(135)88(105)61(5)6/h11-43,53-54,59-63,75-85,88-90,106-107,140-141H,44-52,55-58,105H2,1-10H3,(H,108,125)(H,109,126)(H,110,123)(H,111,124)(H,112,127)(H,113,131)(H,114,133)(H,115,129)(H,116,130)(H,117,135)(H,118,136)(H,119,128)(H,120,137)(H,121,132)(H,122,134)(H,138,139)/t75-,76-,77-,78-,79-,80-,81-,82-,83-,84-,85-,88-,89-,90-/m0/s1.